The Balaban J connectivity index is 1.78. The lowest BCUT2D eigenvalue weighted by Crippen LogP contribution is -2.38. The highest BCUT2D eigenvalue weighted by molar-refractivity contribution is 5.45. The molecule has 2 aliphatic heterocycles. The maximum absolute atomic E-state index is 6.32. The summed E-state index contributed by atoms with van der Waals surface area (Å²) in [6.07, 6.45) is -0.499. The first-order chi connectivity index (χ1) is 11.9. The molecule has 1 saturated heterocycles. The van der Waals surface area contributed by atoms with E-state index in [1.165, 1.54) is 5.56 Å². The zero-order valence-corrected chi connectivity index (χ0v) is 13.0. The van der Waals surface area contributed by atoms with E-state index < -0.39 is 12.1 Å². The van der Waals surface area contributed by atoms with Crippen LogP contribution in [0, 0.1) is 0 Å². The first-order valence-electron chi connectivity index (χ1n) is 8.10. The van der Waals surface area contributed by atoms with Crippen LogP contribution >= 0.6 is 0 Å². The van der Waals surface area contributed by atoms with Crippen molar-refractivity contribution in [3.8, 4) is 0 Å². The molecule has 0 radical (unpaired) electrons. The van der Waals surface area contributed by atoms with E-state index in [1.54, 1.807) is 0 Å². The second-order valence-corrected chi connectivity index (χ2v) is 6.14. The largest absolute Gasteiger partial charge is 0.306 e. The minimum Gasteiger partial charge on any atom is -0.306 e. The van der Waals surface area contributed by atoms with Crippen molar-refractivity contribution in [2.24, 2.45) is 0 Å². The third-order valence-electron chi connectivity index (χ3n) is 4.79. The second kappa shape index (κ2) is 5.28. The average molecular weight is 316 g/mol. The lowest BCUT2D eigenvalue weighted by molar-refractivity contribution is -0.338. The van der Waals surface area contributed by atoms with Crippen molar-refractivity contribution in [2.45, 2.75) is 18.0 Å². The average Bonchev–Trinajstić information content (AvgIpc) is 3.05. The Kier molecular flexibility index (Phi) is 3.06. The molecular weight excluding hydrogens is 300 g/mol. The number of rotatable bonds is 2. The summed E-state index contributed by atoms with van der Waals surface area (Å²) in [6.45, 7) is 0. The summed E-state index contributed by atoms with van der Waals surface area (Å²) in [5, 5.41) is 0. The molecule has 1 unspecified atom stereocenters. The Labute approximate surface area is 140 Å². The number of ether oxygens (including phenoxy) is 1. The van der Waals surface area contributed by atoms with Gasteiger partial charge < -0.3 is 4.74 Å². The molecule has 3 nitrogen and oxygen atoms in total. The maximum Gasteiger partial charge on any atom is 0.241 e. The summed E-state index contributed by atoms with van der Waals surface area (Å²) >= 11 is 0. The van der Waals surface area contributed by atoms with Crippen LogP contribution in [-0.2, 0) is 20.3 Å². The highest BCUT2D eigenvalue weighted by Gasteiger charge is 2.57. The Morgan fingerprint density at radius 1 is 0.667 bits per heavy atom. The molecule has 24 heavy (non-hydrogen) atoms. The van der Waals surface area contributed by atoms with Crippen LogP contribution in [0.2, 0.25) is 0 Å². The SMILES string of the molecule is c1ccc(C2c3ccccc3[C@H]3OO[C@]2(c2ccccc2)O3)cc1. The molecular formula is C21H16O3. The van der Waals surface area contributed by atoms with Gasteiger partial charge in [-0.1, -0.05) is 84.9 Å². The van der Waals surface area contributed by atoms with E-state index in [2.05, 4.69) is 24.3 Å². The van der Waals surface area contributed by atoms with E-state index in [0.717, 1.165) is 16.7 Å². The van der Waals surface area contributed by atoms with Crippen molar-refractivity contribution in [1.82, 2.24) is 0 Å². The van der Waals surface area contributed by atoms with E-state index in [-0.39, 0.29) is 5.92 Å². The molecule has 2 heterocycles. The second-order valence-electron chi connectivity index (χ2n) is 6.14. The minimum atomic E-state index is -0.971. The molecule has 3 heteroatoms. The summed E-state index contributed by atoms with van der Waals surface area (Å²) in [5.74, 6) is -1.07. The van der Waals surface area contributed by atoms with E-state index in [9.17, 15) is 0 Å². The third-order valence-corrected chi connectivity index (χ3v) is 4.79. The molecule has 2 bridgehead atoms. The number of benzene rings is 3. The van der Waals surface area contributed by atoms with Crippen molar-refractivity contribution in [3.05, 3.63) is 107 Å². The van der Waals surface area contributed by atoms with Gasteiger partial charge in [-0.25, -0.2) is 0 Å². The number of hydrogen-bond acceptors (Lipinski definition) is 3. The van der Waals surface area contributed by atoms with Gasteiger partial charge >= 0.3 is 0 Å². The smallest absolute Gasteiger partial charge is 0.241 e. The topological polar surface area (TPSA) is 27.7 Å². The van der Waals surface area contributed by atoms with E-state index >= 15 is 0 Å². The molecule has 3 aromatic rings. The van der Waals surface area contributed by atoms with Gasteiger partial charge in [-0.15, -0.1) is 0 Å². The van der Waals surface area contributed by atoms with Crippen molar-refractivity contribution >= 4 is 0 Å². The van der Waals surface area contributed by atoms with Crippen LogP contribution in [0.4, 0.5) is 0 Å². The molecule has 118 valence electrons. The Morgan fingerprint density at radius 3 is 2.04 bits per heavy atom. The summed E-state index contributed by atoms with van der Waals surface area (Å²) in [6, 6.07) is 28.6. The monoisotopic (exact) mass is 316 g/mol. The van der Waals surface area contributed by atoms with Crippen molar-refractivity contribution in [1.29, 1.82) is 0 Å². The van der Waals surface area contributed by atoms with Crippen LogP contribution in [0.5, 0.6) is 0 Å². The van der Waals surface area contributed by atoms with Crippen LogP contribution in [0.3, 0.4) is 0 Å². The Morgan fingerprint density at radius 2 is 1.29 bits per heavy atom. The zero-order valence-electron chi connectivity index (χ0n) is 13.0. The highest BCUT2D eigenvalue weighted by atomic mass is 17.3. The van der Waals surface area contributed by atoms with Crippen molar-refractivity contribution < 1.29 is 14.5 Å². The lowest BCUT2D eigenvalue weighted by Gasteiger charge is -2.38. The van der Waals surface area contributed by atoms with Gasteiger partial charge in [-0.05, 0) is 11.1 Å². The van der Waals surface area contributed by atoms with E-state index in [4.69, 9.17) is 14.5 Å². The first kappa shape index (κ1) is 13.9. The molecule has 0 saturated carbocycles. The van der Waals surface area contributed by atoms with Crippen molar-refractivity contribution in [3.63, 3.8) is 0 Å². The van der Waals surface area contributed by atoms with Crippen LogP contribution in [0.1, 0.15) is 34.5 Å². The predicted molar refractivity (Wildman–Crippen MR) is 88.8 cm³/mol. The Hall–Kier alpha value is -2.46. The number of fused-ring (bicyclic) bond motifs is 4. The standard InChI is InChI=1S/C21H16O3/c1-3-9-15(10-4-1)19-17-13-7-8-14-18(17)20-22-21(19,24-23-20)16-11-5-2-6-12-16/h1-14,19-20H/t19?,20-,21+/m1/s1. The fourth-order valence-corrected chi connectivity index (χ4v) is 3.74. The molecule has 0 aromatic heterocycles. The molecule has 2 aliphatic rings. The van der Waals surface area contributed by atoms with Gasteiger partial charge in [0, 0.05) is 11.1 Å². The van der Waals surface area contributed by atoms with Gasteiger partial charge in [0.2, 0.25) is 12.1 Å². The highest BCUT2D eigenvalue weighted by Crippen LogP contribution is 2.57. The lowest BCUT2D eigenvalue weighted by atomic mass is 9.77. The summed E-state index contributed by atoms with van der Waals surface area (Å²) in [5.41, 5.74) is 4.30. The molecule has 5 rings (SSSR count). The molecule has 3 atom stereocenters. The Bertz CT molecular complexity index is 863. The third kappa shape index (κ3) is 1.89. The molecule has 0 amide bonds. The summed E-state index contributed by atoms with van der Waals surface area (Å²) in [7, 11) is 0. The van der Waals surface area contributed by atoms with Crippen LogP contribution in [0.25, 0.3) is 0 Å². The summed E-state index contributed by atoms with van der Waals surface area (Å²) in [4.78, 5) is 11.5. The van der Waals surface area contributed by atoms with E-state index in [0.29, 0.717) is 0 Å². The molecule has 1 fully saturated rings. The van der Waals surface area contributed by atoms with Gasteiger partial charge in [0.25, 0.3) is 0 Å². The fraction of sp³-hybridized carbons (Fsp3) is 0.143. The van der Waals surface area contributed by atoms with Crippen LogP contribution in [-0.4, -0.2) is 0 Å². The van der Waals surface area contributed by atoms with Gasteiger partial charge in [0.15, 0.2) is 0 Å². The zero-order chi connectivity index (χ0) is 16.0. The maximum atomic E-state index is 6.32. The quantitative estimate of drug-likeness (QED) is 0.643. The van der Waals surface area contributed by atoms with Crippen molar-refractivity contribution in [2.75, 3.05) is 0 Å². The molecule has 3 aromatic carbocycles. The first-order valence-corrected chi connectivity index (χ1v) is 8.10. The van der Waals surface area contributed by atoms with Crippen LogP contribution < -0.4 is 0 Å². The van der Waals surface area contributed by atoms with Gasteiger partial charge in [-0.2, -0.15) is 9.78 Å². The molecule has 0 N–H and O–H groups in total. The van der Waals surface area contributed by atoms with Crippen LogP contribution in [0.15, 0.2) is 84.9 Å². The predicted octanol–water partition coefficient (Wildman–Crippen LogP) is 4.66. The van der Waals surface area contributed by atoms with Gasteiger partial charge in [0.1, 0.15) is 0 Å². The summed E-state index contributed by atoms with van der Waals surface area (Å²) < 4.78 is 6.32. The normalized spacial score (nSPS) is 27.7. The van der Waals surface area contributed by atoms with Gasteiger partial charge in [0.05, 0.1) is 5.92 Å². The fourth-order valence-electron chi connectivity index (χ4n) is 3.74. The van der Waals surface area contributed by atoms with E-state index in [1.807, 2.05) is 60.7 Å². The number of hydrogen-bond donors (Lipinski definition) is 0. The minimum absolute atomic E-state index is 0.101. The van der Waals surface area contributed by atoms with Gasteiger partial charge in [-0.3, -0.25) is 0 Å². The molecule has 0 aliphatic carbocycles. The molecule has 0 spiro atoms.